The van der Waals surface area contributed by atoms with Gasteiger partial charge < -0.3 is 9.30 Å². The van der Waals surface area contributed by atoms with Gasteiger partial charge in [-0.25, -0.2) is 4.79 Å². The van der Waals surface area contributed by atoms with Crippen LogP contribution in [0.25, 0.3) is 0 Å². The lowest BCUT2D eigenvalue weighted by atomic mass is 9.96. The molecule has 0 amide bonds. The smallest absolute Gasteiger partial charge is 0.376 e. The third-order valence-corrected chi connectivity index (χ3v) is 3.97. The molecule has 0 spiro atoms. The quantitative estimate of drug-likeness (QED) is 0.623. The number of nitrogens with zero attached hydrogens (tertiary/aromatic N) is 3. The molecule has 1 aromatic heterocycles. The van der Waals surface area contributed by atoms with E-state index in [1.165, 1.54) is 25.7 Å². The van der Waals surface area contributed by atoms with Crippen LogP contribution in [0.1, 0.15) is 68.4 Å². The molecule has 1 fully saturated rings. The van der Waals surface area contributed by atoms with Crippen molar-refractivity contribution in [1.82, 2.24) is 14.8 Å². The van der Waals surface area contributed by atoms with Gasteiger partial charge in [-0.3, -0.25) is 0 Å². The minimum Gasteiger partial charge on any atom is -0.460 e. The van der Waals surface area contributed by atoms with E-state index in [0.717, 1.165) is 12.2 Å². The van der Waals surface area contributed by atoms with Crippen molar-refractivity contribution in [2.75, 3.05) is 6.61 Å². The normalized spacial score (nSPS) is 23.9. The summed E-state index contributed by atoms with van der Waals surface area (Å²) in [6.45, 7) is 6.34. The van der Waals surface area contributed by atoms with E-state index in [0.29, 0.717) is 24.4 Å². The molecule has 1 saturated carbocycles. The van der Waals surface area contributed by atoms with Gasteiger partial charge in [0.15, 0.2) is 0 Å². The molecule has 2 unspecified atom stereocenters. The van der Waals surface area contributed by atoms with Crippen LogP contribution in [-0.4, -0.2) is 27.3 Å². The summed E-state index contributed by atoms with van der Waals surface area (Å²) >= 11 is 0. The lowest BCUT2D eigenvalue weighted by Crippen LogP contribution is -2.23. The second kappa shape index (κ2) is 6.17. The van der Waals surface area contributed by atoms with Gasteiger partial charge in [0.2, 0.25) is 5.82 Å². The summed E-state index contributed by atoms with van der Waals surface area (Å²) in [5.74, 6) is 1.35. The molecule has 2 rings (SSSR count). The second-order valence-electron chi connectivity index (χ2n) is 5.34. The molecule has 1 aliphatic rings. The summed E-state index contributed by atoms with van der Waals surface area (Å²) in [5, 5.41) is 8.09. The van der Waals surface area contributed by atoms with Crippen LogP contribution >= 0.6 is 0 Å². The topological polar surface area (TPSA) is 57.0 Å². The Morgan fingerprint density at radius 2 is 2.05 bits per heavy atom. The predicted molar refractivity (Wildman–Crippen MR) is 72.0 cm³/mol. The van der Waals surface area contributed by atoms with E-state index in [4.69, 9.17) is 4.74 Å². The fourth-order valence-electron chi connectivity index (χ4n) is 2.96. The van der Waals surface area contributed by atoms with Crippen molar-refractivity contribution < 1.29 is 9.53 Å². The van der Waals surface area contributed by atoms with E-state index in [1.54, 1.807) is 6.92 Å². The number of carbonyl (C=O) groups excluding carboxylic acids is 1. The Hall–Kier alpha value is -1.39. The van der Waals surface area contributed by atoms with Gasteiger partial charge in [-0.05, 0) is 32.6 Å². The molecular formula is C14H23N3O2. The first kappa shape index (κ1) is 14.0. The fraction of sp³-hybridized carbons (Fsp3) is 0.786. The molecule has 0 N–H and O–H groups in total. The maximum Gasteiger partial charge on any atom is 0.376 e. The molecule has 2 atom stereocenters. The molecule has 0 radical (unpaired) electrons. The average Bonchev–Trinajstić information content (AvgIpc) is 2.63. The zero-order chi connectivity index (χ0) is 13.8. The van der Waals surface area contributed by atoms with Gasteiger partial charge in [-0.2, -0.15) is 0 Å². The number of hydrogen-bond donors (Lipinski definition) is 0. The van der Waals surface area contributed by atoms with Crippen molar-refractivity contribution in [3.63, 3.8) is 0 Å². The highest BCUT2D eigenvalue weighted by atomic mass is 16.5. The minimum absolute atomic E-state index is 0.317. The number of aryl methyl sites for hydroxylation is 1. The Bertz CT molecular complexity index is 442. The molecule has 19 heavy (non-hydrogen) atoms. The highest BCUT2D eigenvalue weighted by Crippen LogP contribution is 2.33. The van der Waals surface area contributed by atoms with Crippen LogP contribution in [0.2, 0.25) is 0 Å². The van der Waals surface area contributed by atoms with Crippen molar-refractivity contribution in [2.45, 2.75) is 58.9 Å². The van der Waals surface area contributed by atoms with Crippen LogP contribution in [0.3, 0.4) is 0 Å². The summed E-state index contributed by atoms with van der Waals surface area (Å²) in [4.78, 5) is 12.0. The SMILES string of the molecule is CCOC(=O)c1nnc(C)n1C1CCCCCC1C. The van der Waals surface area contributed by atoms with Crippen molar-refractivity contribution in [2.24, 2.45) is 5.92 Å². The third-order valence-electron chi connectivity index (χ3n) is 3.97. The van der Waals surface area contributed by atoms with E-state index < -0.39 is 0 Å². The molecule has 1 aromatic rings. The maximum atomic E-state index is 12.0. The summed E-state index contributed by atoms with van der Waals surface area (Å²) in [5.41, 5.74) is 0. The van der Waals surface area contributed by atoms with Gasteiger partial charge in [-0.15, -0.1) is 10.2 Å². The van der Waals surface area contributed by atoms with Gasteiger partial charge in [0.1, 0.15) is 5.82 Å². The van der Waals surface area contributed by atoms with Gasteiger partial charge in [0.05, 0.1) is 6.61 Å². The zero-order valence-corrected chi connectivity index (χ0v) is 12.1. The molecule has 0 bridgehead atoms. The molecule has 5 heteroatoms. The Balaban J connectivity index is 2.31. The first-order chi connectivity index (χ1) is 9.15. The molecule has 106 valence electrons. The molecule has 1 heterocycles. The van der Waals surface area contributed by atoms with Gasteiger partial charge in [0, 0.05) is 6.04 Å². The highest BCUT2D eigenvalue weighted by molar-refractivity contribution is 5.85. The van der Waals surface area contributed by atoms with E-state index in [2.05, 4.69) is 17.1 Å². The lowest BCUT2D eigenvalue weighted by Gasteiger charge is -2.24. The molecule has 0 aromatic carbocycles. The van der Waals surface area contributed by atoms with Gasteiger partial charge in [0.25, 0.3) is 0 Å². The molecule has 0 aliphatic heterocycles. The summed E-state index contributed by atoms with van der Waals surface area (Å²) in [6, 6.07) is 0.317. The Kier molecular flexibility index (Phi) is 4.56. The van der Waals surface area contributed by atoms with Gasteiger partial charge >= 0.3 is 5.97 Å². The lowest BCUT2D eigenvalue weighted by molar-refractivity contribution is 0.0500. The van der Waals surface area contributed by atoms with Crippen LogP contribution in [0.4, 0.5) is 0 Å². The number of ether oxygens (including phenoxy) is 1. The van der Waals surface area contributed by atoms with E-state index in [-0.39, 0.29) is 5.97 Å². The van der Waals surface area contributed by atoms with Crippen molar-refractivity contribution >= 4 is 5.97 Å². The Morgan fingerprint density at radius 1 is 1.32 bits per heavy atom. The standard InChI is InChI=1S/C14H23N3O2/c1-4-19-14(18)13-16-15-11(3)17(13)12-9-7-5-6-8-10(12)2/h10,12H,4-9H2,1-3H3. The van der Waals surface area contributed by atoms with Crippen molar-refractivity contribution in [3.8, 4) is 0 Å². The van der Waals surface area contributed by atoms with Crippen LogP contribution in [0.15, 0.2) is 0 Å². The predicted octanol–water partition coefficient (Wildman–Crippen LogP) is 2.90. The maximum absolute atomic E-state index is 12.0. The van der Waals surface area contributed by atoms with Crippen molar-refractivity contribution in [1.29, 1.82) is 0 Å². The highest BCUT2D eigenvalue weighted by Gasteiger charge is 2.28. The third kappa shape index (κ3) is 2.96. The second-order valence-corrected chi connectivity index (χ2v) is 5.34. The monoisotopic (exact) mass is 265 g/mol. The molecular weight excluding hydrogens is 242 g/mol. The molecule has 0 saturated heterocycles. The van der Waals surface area contributed by atoms with E-state index in [1.807, 2.05) is 11.5 Å². The number of hydrogen-bond acceptors (Lipinski definition) is 4. The molecule has 1 aliphatic carbocycles. The number of carbonyl (C=O) groups is 1. The van der Waals surface area contributed by atoms with Crippen LogP contribution in [-0.2, 0) is 4.74 Å². The fourth-order valence-corrected chi connectivity index (χ4v) is 2.96. The van der Waals surface area contributed by atoms with Crippen LogP contribution in [0.5, 0.6) is 0 Å². The van der Waals surface area contributed by atoms with Crippen LogP contribution in [0, 0.1) is 12.8 Å². The summed E-state index contributed by atoms with van der Waals surface area (Å²) in [6.07, 6.45) is 6.04. The Labute approximate surface area is 114 Å². The van der Waals surface area contributed by atoms with Crippen LogP contribution < -0.4 is 0 Å². The summed E-state index contributed by atoms with van der Waals surface area (Å²) < 4.78 is 7.07. The number of esters is 1. The molecule has 5 nitrogen and oxygen atoms in total. The van der Waals surface area contributed by atoms with E-state index in [9.17, 15) is 4.79 Å². The zero-order valence-electron chi connectivity index (χ0n) is 12.1. The number of rotatable bonds is 3. The first-order valence-corrected chi connectivity index (χ1v) is 7.23. The Morgan fingerprint density at radius 3 is 2.79 bits per heavy atom. The minimum atomic E-state index is -0.362. The first-order valence-electron chi connectivity index (χ1n) is 7.23. The number of aromatic nitrogens is 3. The summed E-state index contributed by atoms with van der Waals surface area (Å²) in [7, 11) is 0. The largest absolute Gasteiger partial charge is 0.460 e. The average molecular weight is 265 g/mol. The van der Waals surface area contributed by atoms with Crippen molar-refractivity contribution in [3.05, 3.63) is 11.6 Å². The van der Waals surface area contributed by atoms with Gasteiger partial charge in [-0.1, -0.05) is 26.2 Å². The van der Waals surface area contributed by atoms with E-state index >= 15 is 0 Å².